The Morgan fingerprint density at radius 3 is 2.04 bits per heavy atom. The van der Waals surface area contributed by atoms with Gasteiger partial charge in [-0.15, -0.1) is 9.24 Å². The van der Waals surface area contributed by atoms with E-state index in [4.69, 9.17) is 0 Å². The minimum atomic E-state index is 0.0968. The van der Waals surface area contributed by atoms with E-state index in [1.807, 2.05) is 33.8 Å². The zero-order valence-corrected chi connectivity index (χ0v) is 19.8. The Morgan fingerprint density at radius 1 is 0.963 bits per heavy atom. The molecule has 2 rings (SSSR count). The highest BCUT2D eigenvalue weighted by Crippen LogP contribution is 2.35. The van der Waals surface area contributed by atoms with Crippen LogP contribution in [-0.2, 0) is 5.41 Å². The van der Waals surface area contributed by atoms with E-state index in [1.54, 1.807) is 0 Å². The van der Waals surface area contributed by atoms with Crippen molar-refractivity contribution in [2.24, 2.45) is 0 Å². The highest BCUT2D eigenvalue weighted by Gasteiger charge is 2.27. The van der Waals surface area contributed by atoms with Crippen molar-refractivity contribution in [1.82, 2.24) is 0 Å². The molecule has 0 N–H and O–H groups in total. The van der Waals surface area contributed by atoms with E-state index >= 15 is 0 Å². The van der Waals surface area contributed by atoms with Crippen molar-refractivity contribution in [1.29, 1.82) is 0 Å². The first kappa shape index (κ1) is 25.4. The molecule has 2 aromatic carbocycles. The molecule has 2 aromatic rings. The Labute approximate surface area is 170 Å². The summed E-state index contributed by atoms with van der Waals surface area (Å²) in [4.78, 5) is 0. The largest absolute Gasteiger partial charge is 0.134 e. The predicted molar refractivity (Wildman–Crippen MR) is 130 cm³/mol. The van der Waals surface area contributed by atoms with Gasteiger partial charge in [-0.25, -0.2) is 0 Å². The standard InChI is InChI=1S/C22H27P.2C2H6/c1-6-11-18-12-7-8-13-19(18)16(2)20-14-9-10-15-21(20)22(4,5)17(3)23;2*1-2/h6-15,17H,1,23H2,2-5H3;2*1-2H3/b18-11-,19-16+;;. The van der Waals surface area contributed by atoms with Gasteiger partial charge in [-0.05, 0) is 45.1 Å². The molecule has 2 unspecified atom stereocenters. The van der Waals surface area contributed by atoms with Gasteiger partial charge in [-0.3, -0.25) is 0 Å². The van der Waals surface area contributed by atoms with Crippen LogP contribution < -0.4 is 10.4 Å². The fourth-order valence-electron chi connectivity index (χ4n) is 2.87. The summed E-state index contributed by atoms with van der Waals surface area (Å²) in [6.45, 7) is 21.0. The van der Waals surface area contributed by atoms with E-state index in [-0.39, 0.29) is 5.41 Å². The molecule has 0 fully saturated rings. The maximum atomic E-state index is 3.84. The number of allylic oxidation sites excluding steroid dienone is 1. The van der Waals surface area contributed by atoms with Crippen molar-refractivity contribution < 1.29 is 0 Å². The summed E-state index contributed by atoms with van der Waals surface area (Å²) in [6, 6.07) is 17.3. The molecular weight excluding hydrogens is 343 g/mol. The van der Waals surface area contributed by atoms with Gasteiger partial charge >= 0.3 is 0 Å². The van der Waals surface area contributed by atoms with Gasteiger partial charge < -0.3 is 0 Å². The first-order chi connectivity index (χ1) is 12.9. The van der Waals surface area contributed by atoms with Crippen molar-refractivity contribution in [3.63, 3.8) is 0 Å². The molecule has 0 amide bonds. The summed E-state index contributed by atoms with van der Waals surface area (Å²) < 4.78 is 0. The lowest BCUT2D eigenvalue weighted by Crippen LogP contribution is -2.30. The molecule has 0 aliphatic rings. The molecule has 0 bridgehead atoms. The van der Waals surface area contributed by atoms with Crippen LogP contribution >= 0.6 is 9.24 Å². The molecule has 1 heteroatoms. The SMILES string of the molecule is C=C/C=c1/cccc/c1=C(/C)c1ccccc1C(C)(C)C(C)P.CC.CC. The van der Waals surface area contributed by atoms with Gasteiger partial charge in [-0.1, -0.05) is 116 Å². The highest BCUT2D eigenvalue weighted by molar-refractivity contribution is 7.17. The van der Waals surface area contributed by atoms with Crippen LogP contribution in [0.2, 0.25) is 0 Å². The minimum absolute atomic E-state index is 0.0968. The van der Waals surface area contributed by atoms with Crippen molar-refractivity contribution >= 4 is 20.9 Å². The van der Waals surface area contributed by atoms with Gasteiger partial charge in [0.05, 0.1) is 0 Å². The van der Waals surface area contributed by atoms with Crippen molar-refractivity contribution in [3.8, 4) is 0 Å². The Balaban J connectivity index is 0.00000158. The maximum Gasteiger partial charge on any atom is -0.00375 e. The Bertz CT molecular complexity index is 810. The average Bonchev–Trinajstić information content (AvgIpc) is 2.71. The van der Waals surface area contributed by atoms with Crippen molar-refractivity contribution in [3.05, 3.63) is 82.8 Å². The number of hydrogen-bond acceptors (Lipinski definition) is 0. The van der Waals surface area contributed by atoms with Crippen LogP contribution in [0.3, 0.4) is 0 Å². The van der Waals surface area contributed by atoms with Gasteiger partial charge in [0, 0.05) is 0 Å². The van der Waals surface area contributed by atoms with Crippen LogP contribution in [0.5, 0.6) is 0 Å². The van der Waals surface area contributed by atoms with E-state index < -0.39 is 0 Å². The first-order valence-electron chi connectivity index (χ1n) is 10.1. The molecule has 0 radical (unpaired) electrons. The molecule has 148 valence electrons. The summed E-state index contributed by atoms with van der Waals surface area (Å²) >= 11 is 0. The summed E-state index contributed by atoms with van der Waals surface area (Å²) in [6.07, 6.45) is 3.93. The summed E-state index contributed by atoms with van der Waals surface area (Å²) in [5.41, 5.74) is 4.63. The molecule has 27 heavy (non-hydrogen) atoms. The first-order valence-corrected chi connectivity index (χ1v) is 10.8. The van der Waals surface area contributed by atoms with E-state index in [0.717, 1.165) is 0 Å². The Kier molecular flexibility index (Phi) is 11.9. The lowest BCUT2D eigenvalue weighted by molar-refractivity contribution is 0.519. The van der Waals surface area contributed by atoms with E-state index in [0.29, 0.717) is 5.66 Å². The molecule has 0 spiro atoms. The molecule has 0 aromatic heterocycles. The lowest BCUT2D eigenvalue weighted by Gasteiger charge is -2.32. The van der Waals surface area contributed by atoms with Gasteiger partial charge in [0.1, 0.15) is 0 Å². The lowest BCUT2D eigenvalue weighted by atomic mass is 9.77. The third-order valence-electron chi connectivity index (χ3n) is 4.83. The quantitative estimate of drug-likeness (QED) is 0.532. The molecule has 0 saturated heterocycles. The average molecular weight is 383 g/mol. The second-order valence-corrected chi connectivity index (χ2v) is 7.67. The maximum absolute atomic E-state index is 3.84. The molecule has 0 saturated carbocycles. The monoisotopic (exact) mass is 382 g/mol. The van der Waals surface area contributed by atoms with Crippen LogP contribution in [0, 0.1) is 0 Å². The van der Waals surface area contributed by atoms with Crippen LogP contribution in [-0.4, -0.2) is 5.66 Å². The van der Waals surface area contributed by atoms with E-state index in [9.17, 15) is 0 Å². The van der Waals surface area contributed by atoms with E-state index in [2.05, 4.69) is 98.1 Å². The molecule has 0 aliphatic heterocycles. The van der Waals surface area contributed by atoms with Crippen LogP contribution in [0.25, 0.3) is 11.6 Å². The molecule has 0 aliphatic carbocycles. The summed E-state index contributed by atoms with van der Waals surface area (Å²) in [5.74, 6) is 0. The molecule has 0 nitrogen and oxygen atoms in total. The van der Waals surface area contributed by atoms with Crippen molar-refractivity contribution in [2.75, 3.05) is 0 Å². The Hall–Kier alpha value is -1.65. The summed E-state index contributed by atoms with van der Waals surface area (Å²) in [7, 11) is 2.96. The van der Waals surface area contributed by atoms with Crippen molar-refractivity contribution in [2.45, 2.75) is 66.5 Å². The highest BCUT2D eigenvalue weighted by atomic mass is 31.0. The zero-order chi connectivity index (χ0) is 21.0. The molecule has 2 atom stereocenters. The second kappa shape index (κ2) is 12.7. The Morgan fingerprint density at radius 2 is 1.48 bits per heavy atom. The molecule has 0 heterocycles. The third kappa shape index (κ3) is 6.47. The zero-order valence-electron chi connectivity index (χ0n) is 18.6. The fourth-order valence-corrected chi connectivity index (χ4v) is 3.05. The third-order valence-corrected chi connectivity index (χ3v) is 5.66. The fraction of sp³-hybridized carbons (Fsp3) is 0.385. The molecular formula is C26H39P. The normalized spacial score (nSPS) is 13.4. The minimum Gasteiger partial charge on any atom is -0.134 e. The smallest absolute Gasteiger partial charge is 0.00375 e. The number of benzene rings is 2. The number of hydrogen-bond donors (Lipinski definition) is 0. The van der Waals surface area contributed by atoms with Gasteiger partial charge in [-0.2, -0.15) is 0 Å². The van der Waals surface area contributed by atoms with E-state index in [1.165, 1.54) is 27.1 Å². The summed E-state index contributed by atoms with van der Waals surface area (Å²) in [5, 5.41) is 2.48. The topological polar surface area (TPSA) is 0 Å². The van der Waals surface area contributed by atoms with Gasteiger partial charge in [0.2, 0.25) is 0 Å². The van der Waals surface area contributed by atoms with Gasteiger partial charge in [0.25, 0.3) is 0 Å². The number of rotatable bonds is 4. The van der Waals surface area contributed by atoms with Crippen LogP contribution in [0.15, 0.2) is 61.2 Å². The predicted octanol–water partition coefficient (Wildman–Crippen LogP) is 6.47. The van der Waals surface area contributed by atoms with Crippen LogP contribution in [0.4, 0.5) is 0 Å². The second-order valence-electron chi connectivity index (χ2n) is 6.67. The van der Waals surface area contributed by atoms with Gasteiger partial charge in [0.15, 0.2) is 0 Å². The van der Waals surface area contributed by atoms with Crippen LogP contribution in [0.1, 0.15) is 66.5 Å².